The van der Waals surface area contributed by atoms with Gasteiger partial charge in [-0.1, -0.05) is 6.07 Å². The highest BCUT2D eigenvalue weighted by atomic mass is 16.5. The van der Waals surface area contributed by atoms with E-state index in [1.165, 1.54) is 5.52 Å². The van der Waals surface area contributed by atoms with Crippen LogP contribution in [0, 0.1) is 0 Å². The number of ether oxygens (including phenoxy) is 1. The van der Waals surface area contributed by atoms with E-state index >= 15 is 0 Å². The summed E-state index contributed by atoms with van der Waals surface area (Å²) in [6.07, 6.45) is 5.88. The predicted octanol–water partition coefficient (Wildman–Crippen LogP) is 2.82. The van der Waals surface area contributed by atoms with E-state index in [4.69, 9.17) is 4.74 Å². The van der Waals surface area contributed by atoms with Crippen LogP contribution in [0.2, 0.25) is 0 Å². The lowest BCUT2D eigenvalue weighted by Crippen LogP contribution is -2.04. The van der Waals surface area contributed by atoms with Crippen molar-refractivity contribution in [1.29, 1.82) is 0 Å². The van der Waals surface area contributed by atoms with Crippen molar-refractivity contribution in [3.05, 3.63) is 48.7 Å². The third-order valence-corrected chi connectivity index (χ3v) is 3.31. The summed E-state index contributed by atoms with van der Waals surface area (Å²) in [4.78, 5) is 4.37. The SMILES string of the molecule is CCOc1cccc2c1ccn2Cc1nccn1C. The van der Waals surface area contributed by atoms with E-state index in [9.17, 15) is 0 Å². The average Bonchev–Trinajstić information content (AvgIpc) is 2.99. The van der Waals surface area contributed by atoms with E-state index in [0.29, 0.717) is 6.61 Å². The van der Waals surface area contributed by atoms with Gasteiger partial charge in [0.15, 0.2) is 0 Å². The predicted molar refractivity (Wildman–Crippen MR) is 75.4 cm³/mol. The second-order valence-corrected chi connectivity index (χ2v) is 4.52. The first-order valence-corrected chi connectivity index (χ1v) is 6.46. The van der Waals surface area contributed by atoms with Gasteiger partial charge in [0.1, 0.15) is 11.6 Å². The molecule has 1 aromatic carbocycles. The maximum atomic E-state index is 5.66. The first-order valence-electron chi connectivity index (χ1n) is 6.46. The van der Waals surface area contributed by atoms with E-state index in [0.717, 1.165) is 23.5 Å². The summed E-state index contributed by atoms with van der Waals surface area (Å²) in [5, 5.41) is 1.15. The smallest absolute Gasteiger partial charge is 0.128 e. The molecule has 2 heterocycles. The molecule has 4 heteroatoms. The van der Waals surface area contributed by atoms with Crippen molar-refractivity contribution in [3.8, 4) is 5.75 Å². The largest absolute Gasteiger partial charge is 0.493 e. The van der Waals surface area contributed by atoms with Crippen LogP contribution in [0.15, 0.2) is 42.9 Å². The Balaban J connectivity index is 2.01. The molecule has 0 unspecified atom stereocenters. The van der Waals surface area contributed by atoms with Gasteiger partial charge in [-0.2, -0.15) is 0 Å². The number of rotatable bonds is 4. The van der Waals surface area contributed by atoms with Crippen molar-refractivity contribution in [2.45, 2.75) is 13.5 Å². The van der Waals surface area contributed by atoms with Gasteiger partial charge in [-0.3, -0.25) is 0 Å². The maximum Gasteiger partial charge on any atom is 0.128 e. The molecule has 0 bridgehead atoms. The van der Waals surface area contributed by atoms with E-state index in [-0.39, 0.29) is 0 Å². The minimum absolute atomic E-state index is 0.684. The molecule has 0 N–H and O–H groups in total. The van der Waals surface area contributed by atoms with Gasteiger partial charge in [-0.15, -0.1) is 0 Å². The first kappa shape index (κ1) is 11.8. The highest BCUT2D eigenvalue weighted by Gasteiger charge is 2.08. The second-order valence-electron chi connectivity index (χ2n) is 4.52. The molecule has 0 saturated heterocycles. The van der Waals surface area contributed by atoms with Crippen LogP contribution in [0.5, 0.6) is 5.75 Å². The molecule has 3 aromatic rings. The molecule has 4 nitrogen and oxygen atoms in total. The van der Waals surface area contributed by atoms with Gasteiger partial charge >= 0.3 is 0 Å². The number of benzene rings is 1. The number of imidazole rings is 1. The van der Waals surface area contributed by atoms with Crippen molar-refractivity contribution < 1.29 is 4.74 Å². The Hall–Kier alpha value is -2.23. The van der Waals surface area contributed by atoms with Gasteiger partial charge in [0.25, 0.3) is 0 Å². The zero-order valence-corrected chi connectivity index (χ0v) is 11.2. The molecule has 2 aromatic heterocycles. The Labute approximate surface area is 112 Å². The number of aryl methyl sites for hydroxylation is 1. The summed E-state index contributed by atoms with van der Waals surface area (Å²) >= 11 is 0. The zero-order chi connectivity index (χ0) is 13.2. The molecule has 0 spiro atoms. The highest BCUT2D eigenvalue weighted by molar-refractivity contribution is 5.86. The van der Waals surface area contributed by atoms with Crippen LogP contribution in [0.3, 0.4) is 0 Å². The van der Waals surface area contributed by atoms with E-state index in [1.807, 2.05) is 43.1 Å². The number of aromatic nitrogens is 3. The molecule has 3 rings (SSSR count). The normalized spacial score (nSPS) is 11.1. The summed E-state index contributed by atoms with van der Waals surface area (Å²) in [6.45, 7) is 3.45. The van der Waals surface area contributed by atoms with E-state index < -0.39 is 0 Å². The molecule has 0 saturated carbocycles. The monoisotopic (exact) mass is 255 g/mol. The van der Waals surface area contributed by atoms with Gasteiger partial charge in [-0.05, 0) is 25.1 Å². The van der Waals surface area contributed by atoms with Crippen molar-refractivity contribution in [2.75, 3.05) is 6.61 Å². The Kier molecular flexibility index (Phi) is 2.99. The standard InChI is InChI=1S/C15H17N3O/c1-3-19-14-6-4-5-13-12(14)7-9-18(13)11-15-16-8-10-17(15)2/h4-10H,3,11H2,1-2H3. The maximum absolute atomic E-state index is 5.66. The van der Waals surface area contributed by atoms with Gasteiger partial charge in [-0.25, -0.2) is 4.98 Å². The number of nitrogens with zero attached hydrogens (tertiary/aromatic N) is 3. The molecule has 0 radical (unpaired) electrons. The molecule has 98 valence electrons. The molecular formula is C15H17N3O. The van der Waals surface area contributed by atoms with Crippen LogP contribution in [-0.2, 0) is 13.6 Å². The van der Waals surface area contributed by atoms with Gasteiger partial charge in [0.05, 0.1) is 18.7 Å². The molecule has 19 heavy (non-hydrogen) atoms. The summed E-state index contributed by atoms with van der Waals surface area (Å²) in [6, 6.07) is 8.25. The lowest BCUT2D eigenvalue weighted by molar-refractivity contribution is 0.344. The third kappa shape index (κ3) is 2.10. The molecule has 0 aliphatic carbocycles. The minimum Gasteiger partial charge on any atom is -0.493 e. The van der Waals surface area contributed by atoms with Crippen LogP contribution in [0.25, 0.3) is 10.9 Å². The van der Waals surface area contributed by atoms with Gasteiger partial charge in [0.2, 0.25) is 0 Å². The Morgan fingerprint density at radius 2 is 2.11 bits per heavy atom. The van der Waals surface area contributed by atoms with Crippen LogP contribution in [-0.4, -0.2) is 20.7 Å². The van der Waals surface area contributed by atoms with Crippen LogP contribution in [0.4, 0.5) is 0 Å². The Morgan fingerprint density at radius 1 is 1.21 bits per heavy atom. The summed E-state index contributed by atoms with van der Waals surface area (Å²) in [5.74, 6) is 1.98. The van der Waals surface area contributed by atoms with Crippen molar-refractivity contribution in [3.63, 3.8) is 0 Å². The molecule has 0 atom stereocenters. The molecular weight excluding hydrogens is 238 g/mol. The van der Waals surface area contributed by atoms with Crippen LogP contribution >= 0.6 is 0 Å². The van der Waals surface area contributed by atoms with Gasteiger partial charge in [0, 0.05) is 31.0 Å². The van der Waals surface area contributed by atoms with E-state index in [2.05, 4.69) is 27.9 Å². The number of fused-ring (bicyclic) bond motifs is 1. The topological polar surface area (TPSA) is 32.0 Å². The van der Waals surface area contributed by atoms with Crippen LogP contribution in [0.1, 0.15) is 12.7 Å². The number of hydrogen-bond acceptors (Lipinski definition) is 2. The first-order chi connectivity index (χ1) is 9.29. The Bertz CT molecular complexity index is 696. The minimum atomic E-state index is 0.684. The molecule has 0 fully saturated rings. The molecule has 0 aliphatic rings. The fraction of sp³-hybridized carbons (Fsp3) is 0.267. The van der Waals surface area contributed by atoms with Crippen molar-refractivity contribution >= 4 is 10.9 Å². The molecule has 0 amide bonds. The van der Waals surface area contributed by atoms with Gasteiger partial charge < -0.3 is 13.9 Å². The van der Waals surface area contributed by atoms with Crippen molar-refractivity contribution in [2.24, 2.45) is 7.05 Å². The highest BCUT2D eigenvalue weighted by Crippen LogP contribution is 2.26. The molecule has 0 aliphatic heterocycles. The van der Waals surface area contributed by atoms with E-state index in [1.54, 1.807) is 0 Å². The fourth-order valence-corrected chi connectivity index (χ4v) is 2.32. The second kappa shape index (κ2) is 4.80. The number of hydrogen-bond donors (Lipinski definition) is 0. The summed E-state index contributed by atoms with van der Waals surface area (Å²) in [7, 11) is 2.01. The zero-order valence-electron chi connectivity index (χ0n) is 11.2. The summed E-state index contributed by atoms with van der Waals surface area (Å²) in [5.41, 5.74) is 1.17. The van der Waals surface area contributed by atoms with Crippen LogP contribution < -0.4 is 4.74 Å². The third-order valence-electron chi connectivity index (χ3n) is 3.31. The lowest BCUT2D eigenvalue weighted by atomic mass is 10.2. The lowest BCUT2D eigenvalue weighted by Gasteiger charge is -2.07. The quantitative estimate of drug-likeness (QED) is 0.718. The average molecular weight is 255 g/mol. The summed E-state index contributed by atoms with van der Waals surface area (Å²) < 4.78 is 9.89. The fourth-order valence-electron chi connectivity index (χ4n) is 2.32. The van der Waals surface area contributed by atoms with Crippen molar-refractivity contribution in [1.82, 2.24) is 14.1 Å². The Morgan fingerprint density at radius 3 is 2.84 bits per heavy atom.